The number of aryl methyl sites for hydroxylation is 1. The Hall–Kier alpha value is -2.97. The van der Waals surface area contributed by atoms with E-state index in [2.05, 4.69) is 22.3 Å². The molecule has 9 heteroatoms. The quantitative estimate of drug-likeness (QED) is 0.556. The number of carbonyl (C=O) groups excluding carboxylic acids is 1. The zero-order valence-electron chi connectivity index (χ0n) is 18.6. The van der Waals surface area contributed by atoms with Crippen molar-refractivity contribution in [2.24, 2.45) is 0 Å². The van der Waals surface area contributed by atoms with Crippen LogP contribution in [0.1, 0.15) is 41.5 Å². The van der Waals surface area contributed by atoms with E-state index in [1.807, 2.05) is 54.0 Å². The number of aromatic nitrogens is 3. The van der Waals surface area contributed by atoms with Gasteiger partial charge in [0.25, 0.3) is 0 Å². The van der Waals surface area contributed by atoms with E-state index in [4.69, 9.17) is 11.6 Å². The van der Waals surface area contributed by atoms with E-state index in [0.717, 1.165) is 28.2 Å². The number of para-hydroxylation sites is 1. The molecule has 7 nitrogen and oxygen atoms in total. The van der Waals surface area contributed by atoms with Crippen LogP contribution in [0.15, 0.2) is 54.6 Å². The van der Waals surface area contributed by atoms with Gasteiger partial charge >= 0.3 is 0 Å². The van der Waals surface area contributed by atoms with Crippen molar-refractivity contribution in [1.29, 1.82) is 0 Å². The molecule has 4 heterocycles. The van der Waals surface area contributed by atoms with Crippen molar-refractivity contribution in [1.82, 2.24) is 19.7 Å². The predicted octanol–water partition coefficient (Wildman–Crippen LogP) is 3.55. The number of halogens is 1. The molecule has 0 aliphatic carbocycles. The first-order chi connectivity index (χ1) is 16.3. The maximum atomic E-state index is 13.2. The molecule has 3 aliphatic rings. The van der Waals surface area contributed by atoms with Crippen LogP contribution in [-0.2, 0) is 14.6 Å². The van der Waals surface area contributed by atoms with Crippen molar-refractivity contribution in [2.75, 3.05) is 18.8 Å². The van der Waals surface area contributed by atoms with Gasteiger partial charge in [0.1, 0.15) is 16.4 Å². The van der Waals surface area contributed by atoms with Crippen molar-refractivity contribution in [3.05, 3.63) is 82.4 Å². The van der Waals surface area contributed by atoms with Crippen LogP contribution in [0.2, 0.25) is 5.02 Å². The van der Waals surface area contributed by atoms with Crippen LogP contribution in [-0.4, -0.2) is 57.6 Å². The highest BCUT2D eigenvalue weighted by atomic mass is 35.5. The highest BCUT2D eigenvalue weighted by Gasteiger charge is 2.60. The number of nitrogens with zero attached hydrogens (tertiary/aromatic N) is 4. The van der Waals surface area contributed by atoms with Gasteiger partial charge in [0.15, 0.2) is 9.84 Å². The number of amides is 1. The molecule has 0 saturated carbocycles. The van der Waals surface area contributed by atoms with Crippen LogP contribution in [0.3, 0.4) is 0 Å². The number of rotatable bonds is 3. The van der Waals surface area contributed by atoms with Gasteiger partial charge in [0, 0.05) is 36.0 Å². The molecular weight excluding hydrogens is 472 g/mol. The van der Waals surface area contributed by atoms with E-state index in [0.29, 0.717) is 30.4 Å². The Bertz CT molecular complexity index is 1450. The van der Waals surface area contributed by atoms with Crippen molar-refractivity contribution < 1.29 is 13.2 Å². The standard InChI is InChI=1S/C25H23ClN4O3S/c1-16-27-28-24-18(13-23(31)29-14-25(15-29)10-11-34(25,32)33)12-21(17-6-8-19(26)9-7-17)20-4-2-3-5-22(20)30(16)24/h2-9,12,18H,10-11,13-15H2,1H3. The molecular formula is C25H23ClN4O3S. The Morgan fingerprint density at radius 1 is 1.12 bits per heavy atom. The number of benzene rings is 2. The Morgan fingerprint density at radius 2 is 1.85 bits per heavy atom. The van der Waals surface area contributed by atoms with Crippen LogP contribution in [0, 0.1) is 6.92 Å². The molecule has 174 valence electrons. The first kappa shape index (κ1) is 21.6. The van der Waals surface area contributed by atoms with Crippen LogP contribution >= 0.6 is 11.6 Å². The predicted molar refractivity (Wildman–Crippen MR) is 130 cm³/mol. The minimum absolute atomic E-state index is 0.0670. The number of allylic oxidation sites excluding steroid dienone is 1. The fourth-order valence-electron chi connectivity index (χ4n) is 5.26. The summed E-state index contributed by atoms with van der Waals surface area (Å²) in [4.78, 5) is 14.9. The Labute approximate surface area is 203 Å². The molecule has 3 aromatic rings. The second-order valence-electron chi connectivity index (χ2n) is 9.36. The molecule has 2 fully saturated rings. The van der Waals surface area contributed by atoms with Gasteiger partial charge < -0.3 is 4.90 Å². The summed E-state index contributed by atoms with van der Waals surface area (Å²) in [6.45, 7) is 2.49. The first-order valence-corrected chi connectivity index (χ1v) is 13.3. The van der Waals surface area contributed by atoms with Gasteiger partial charge in [-0.3, -0.25) is 9.36 Å². The van der Waals surface area contributed by atoms with Gasteiger partial charge in [0.2, 0.25) is 5.91 Å². The lowest BCUT2D eigenvalue weighted by Gasteiger charge is -2.54. The van der Waals surface area contributed by atoms with Crippen LogP contribution in [0.25, 0.3) is 11.3 Å². The van der Waals surface area contributed by atoms with Gasteiger partial charge in [-0.15, -0.1) is 10.2 Å². The first-order valence-electron chi connectivity index (χ1n) is 11.3. The van der Waals surface area contributed by atoms with Crippen molar-refractivity contribution in [2.45, 2.75) is 30.4 Å². The Balaban J connectivity index is 1.39. The lowest BCUT2D eigenvalue weighted by molar-refractivity contribution is -0.137. The number of carbonyl (C=O) groups is 1. The third kappa shape index (κ3) is 3.15. The molecule has 1 aromatic heterocycles. The molecule has 2 aromatic carbocycles. The molecule has 2 saturated heterocycles. The fourth-order valence-corrected chi connectivity index (χ4v) is 7.21. The molecule has 34 heavy (non-hydrogen) atoms. The number of hydrogen-bond acceptors (Lipinski definition) is 5. The summed E-state index contributed by atoms with van der Waals surface area (Å²) in [5, 5.41) is 9.42. The highest BCUT2D eigenvalue weighted by Crippen LogP contribution is 2.43. The summed E-state index contributed by atoms with van der Waals surface area (Å²) >= 11 is 6.14. The average molecular weight is 495 g/mol. The monoisotopic (exact) mass is 494 g/mol. The van der Waals surface area contributed by atoms with Crippen LogP contribution in [0.4, 0.5) is 0 Å². The molecule has 1 spiro atoms. The molecule has 1 unspecified atom stereocenters. The Kier molecular flexibility index (Phi) is 4.76. The van der Waals surface area contributed by atoms with E-state index in [-0.39, 0.29) is 24.0 Å². The number of sulfone groups is 1. The third-order valence-electron chi connectivity index (χ3n) is 7.33. The smallest absolute Gasteiger partial charge is 0.223 e. The zero-order chi connectivity index (χ0) is 23.7. The topological polar surface area (TPSA) is 85.2 Å². The fraction of sp³-hybridized carbons (Fsp3) is 0.320. The van der Waals surface area contributed by atoms with Crippen molar-refractivity contribution in [3.63, 3.8) is 0 Å². The van der Waals surface area contributed by atoms with Gasteiger partial charge in [-0.2, -0.15) is 0 Å². The van der Waals surface area contributed by atoms with Crippen molar-refractivity contribution in [3.8, 4) is 5.69 Å². The molecule has 0 N–H and O–H groups in total. The summed E-state index contributed by atoms with van der Waals surface area (Å²) in [6, 6.07) is 15.7. The van der Waals surface area contributed by atoms with Crippen LogP contribution < -0.4 is 0 Å². The maximum Gasteiger partial charge on any atom is 0.223 e. The summed E-state index contributed by atoms with van der Waals surface area (Å²) in [7, 11) is -3.06. The van der Waals surface area contributed by atoms with Crippen molar-refractivity contribution >= 4 is 32.9 Å². The van der Waals surface area contributed by atoms with E-state index in [9.17, 15) is 13.2 Å². The van der Waals surface area contributed by atoms with E-state index < -0.39 is 14.6 Å². The van der Waals surface area contributed by atoms with E-state index in [1.165, 1.54) is 0 Å². The van der Waals surface area contributed by atoms with Gasteiger partial charge in [-0.05, 0) is 42.7 Å². The Morgan fingerprint density at radius 3 is 2.53 bits per heavy atom. The van der Waals surface area contributed by atoms with Gasteiger partial charge in [-0.1, -0.05) is 48.0 Å². The number of likely N-dealkylation sites (tertiary alicyclic amines) is 1. The second-order valence-corrected chi connectivity index (χ2v) is 12.3. The lowest BCUT2D eigenvalue weighted by Crippen LogP contribution is -2.72. The second kappa shape index (κ2) is 7.52. The lowest BCUT2D eigenvalue weighted by atomic mass is 9.90. The van der Waals surface area contributed by atoms with Gasteiger partial charge in [0.05, 0.1) is 11.4 Å². The zero-order valence-corrected chi connectivity index (χ0v) is 20.2. The molecule has 0 bridgehead atoms. The normalized spacial score (nSPS) is 21.5. The molecule has 3 aliphatic heterocycles. The summed E-state index contributed by atoms with van der Waals surface area (Å²) in [5.74, 6) is 1.29. The number of hydrogen-bond donors (Lipinski definition) is 0. The van der Waals surface area contributed by atoms with Crippen LogP contribution in [0.5, 0.6) is 0 Å². The van der Waals surface area contributed by atoms with E-state index >= 15 is 0 Å². The average Bonchev–Trinajstić information content (AvgIpc) is 3.10. The molecule has 0 radical (unpaired) electrons. The van der Waals surface area contributed by atoms with Gasteiger partial charge in [-0.25, -0.2) is 8.42 Å². The largest absolute Gasteiger partial charge is 0.339 e. The molecule has 1 amide bonds. The molecule has 1 atom stereocenters. The highest BCUT2D eigenvalue weighted by molar-refractivity contribution is 7.94. The number of fused-ring (bicyclic) bond motifs is 3. The summed E-state index contributed by atoms with van der Waals surface area (Å²) < 4.78 is 25.6. The summed E-state index contributed by atoms with van der Waals surface area (Å²) in [6.07, 6.45) is 2.92. The van der Waals surface area contributed by atoms with E-state index in [1.54, 1.807) is 4.90 Å². The minimum atomic E-state index is -3.06. The molecule has 6 rings (SSSR count). The summed E-state index contributed by atoms with van der Waals surface area (Å²) in [5.41, 5.74) is 3.97. The minimum Gasteiger partial charge on any atom is -0.339 e. The SMILES string of the molecule is Cc1nnc2n1-c1ccccc1C(c1ccc(Cl)cc1)=CC2CC(=O)N1CC2(CCS2(=O)=O)C1. The maximum absolute atomic E-state index is 13.2. The third-order valence-corrected chi connectivity index (χ3v) is 10.1.